The number of hydrogen-bond acceptors (Lipinski definition) is 3. The zero-order chi connectivity index (χ0) is 16.1. The molecular weight excluding hydrogens is 415 g/mol. The van der Waals surface area contributed by atoms with Crippen molar-refractivity contribution >= 4 is 40.0 Å². The van der Waals surface area contributed by atoms with E-state index in [-0.39, 0.29) is 29.7 Å². The molecule has 0 fully saturated rings. The summed E-state index contributed by atoms with van der Waals surface area (Å²) in [7, 11) is -1.34. The average molecular weight is 448 g/mol. The van der Waals surface area contributed by atoms with E-state index in [9.17, 15) is 8.42 Å². The highest BCUT2D eigenvalue weighted by molar-refractivity contribution is 14.0. The van der Waals surface area contributed by atoms with Crippen molar-refractivity contribution < 1.29 is 8.42 Å². The molecular formula is C14H33IN4O2S. The highest BCUT2D eigenvalue weighted by Crippen LogP contribution is 2.04. The minimum atomic E-state index is -3.08. The molecule has 0 aromatic heterocycles. The SMILES string of the molecule is CCS(=O)(=O)NCCCNC(=NC)NCCCCC(C)C.I. The molecule has 0 heterocycles. The van der Waals surface area contributed by atoms with Gasteiger partial charge in [0.1, 0.15) is 0 Å². The second kappa shape index (κ2) is 14.5. The van der Waals surface area contributed by atoms with Crippen LogP contribution in [-0.4, -0.2) is 46.8 Å². The van der Waals surface area contributed by atoms with Crippen LogP contribution in [0.5, 0.6) is 0 Å². The van der Waals surface area contributed by atoms with Crippen LogP contribution in [0.25, 0.3) is 0 Å². The Morgan fingerprint density at radius 2 is 1.64 bits per heavy atom. The Morgan fingerprint density at radius 3 is 2.14 bits per heavy atom. The van der Waals surface area contributed by atoms with Crippen LogP contribution in [0.2, 0.25) is 0 Å². The molecule has 0 atom stereocenters. The van der Waals surface area contributed by atoms with E-state index in [0.29, 0.717) is 13.1 Å². The van der Waals surface area contributed by atoms with Gasteiger partial charge in [0.15, 0.2) is 5.96 Å². The van der Waals surface area contributed by atoms with Gasteiger partial charge < -0.3 is 10.6 Å². The van der Waals surface area contributed by atoms with Crippen molar-refractivity contribution in [2.24, 2.45) is 10.9 Å². The number of nitrogens with zero attached hydrogens (tertiary/aromatic N) is 1. The zero-order valence-electron chi connectivity index (χ0n) is 14.3. The summed E-state index contributed by atoms with van der Waals surface area (Å²) < 4.78 is 25.0. The lowest BCUT2D eigenvalue weighted by Gasteiger charge is -2.12. The normalized spacial score (nSPS) is 12.1. The molecule has 0 aromatic carbocycles. The summed E-state index contributed by atoms with van der Waals surface area (Å²) >= 11 is 0. The van der Waals surface area contributed by atoms with Crippen LogP contribution in [-0.2, 0) is 10.0 Å². The minimum Gasteiger partial charge on any atom is -0.356 e. The van der Waals surface area contributed by atoms with Gasteiger partial charge in [-0.2, -0.15) is 0 Å². The first-order valence-corrected chi connectivity index (χ1v) is 9.48. The first kappa shape index (κ1) is 24.2. The quantitative estimate of drug-likeness (QED) is 0.195. The van der Waals surface area contributed by atoms with Crippen LogP contribution in [0.1, 0.15) is 46.5 Å². The van der Waals surface area contributed by atoms with Gasteiger partial charge in [-0.3, -0.25) is 4.99 Å². The lowest BCUT2D eigenvalue weighted by molar-refractivity contribution is 0.534. The topological polar surface area (TPSA) is 82.6 Å². The van der Waals surface area contributed by atoms with Crippen molar-refractivity contribution in [3.8, 4) is 0 Å². The van der Waals surface area contributed by atoms with Gasteiger partial charge in [0.2, 0.25) is 10.0 Å². The summed E-state index contributed by atoms with van der Waals surface area (Å²) in [6.07, 6.45) is 4.34. The van der Waals surface area contributed by atoms with Gasteiger partial charge in [-0.1, -0.05) is 26.7 Å². The molecule has 0 aliphatic rings. The number of unbranched alkanes of at least 4 members (excludes halogenated alkanes) is 1. The van der Waals surface area contributed by atoms with Gasteiger partial charge in [0.05, 0.1) is 5.75 Å². The van der Waals surface area contributed by atoms with Crippen LogP contribution in [0, 0.1) is 5.92 Å². The maximum Gasteiger partial charge on any atom is 0.211 e. The highest BCUT2D eigenvalue weighted by atomic mass is 127. The largest absolute Gasteiger partial charge is 0.356 e. The van der Waals surface area contributed by atoms with Crippen molar-refractivity contribution in [2.75, 3.05) is 32.4 Å². The molecule has 134 valence electrons. The van der Waals surface area contributed by atoms with E-state index in [1.165, 1.54) is 12.8 Å². The Hall–Kier alpha value is -0.0900. The summed E-state index contributed by atoms with van der Waals surface area (Å²) in [5.41, 5.74) is 0. The van der Waals surface area contributed by atoms with Gasteiger partial charge in [-0.25, -0.2) is 13.1 Å². The first-order chi connectivity index (χ1) is 9.91. The second-order valence-corrected chi connectivity index (χ2v) is 7.56. The fourth-order valence-corrected chi connectivity index (χ4v) is 2.39. The standard InChI is InChI=1S/C14H32N4O2S.HI/c1-5-21(19,20)18-12-8-11-17-14(15-4)16-10-7-6-9-13(2)3;/h13,18H,5-12H2,1-4H3,(H2,15,16,17);1H. The van der Waals surface area contributed by atoms with Gasteiger partial charge in [-0.15, -0.1) is 24.0 Å². The van der Waals surface area contributed by atoms with Gasteiger partial charge in [0.25, 0.3) is 0 Å². The Balaban J connectivity index is 0. The lowest BCUT2D eigenvalue weighted by Crippen LogP contribution is -2.39. The molecule has 0 amide bonds. The molecule has 6 nitrogen and oxygen atoms in total. The van der Waals surface area contributed by atoms with Crippen molar-refractivity contribution in [3.63, 3.8) is 0 Å². The number of halogens is 1. The Kier molecular flexibility index (Phi) is 15.9. The van der Waals surface area contributed by atoms with E-state index in [0.717, 1.165) is 31.3 Å². The van der Waals surface area contributed by atoms with Crippen molar-refractivity contribution in [1.29, 1.82) is 0 Å². The van der Waals surface area contributed by atoms with E-state index < -0.39 is 10.0 Å². The molecule has 22 heavy (non-hydrogen) atoms. The lowest BCUT2D eigenvalue weighted by atomic mass is 10.1. The zero-order valence-corrected chi connectivity index (χ0v) is 17.5. The average Bonchev–Trinajstić information content (AvgIpc) is 2.44. The maximum absolute atomic E-state index is 11.2. The Morgan fingerprint density at radius 1 is 1.05 bits per heavy atom. The Labute approximate surface area is 153 Å². The summed E-state index contributed by atoms with van der Waals surface area (Å²) in [5, 5.41) is 6.44. The number of nitrogens with one attached hydrogen (secondary N) is 3. The van der Waals surface area contributed by atoms with Crippen molar-refractivity contribution in [2.45, 2.75) is 46.5 Å². The van der Waals surface area contributed by atoms with Gasteiger partial charge in [0, 0.05) is 26.7 Å². The molecule has 0 aromatic rings. The van der Waals surface area contributed by atoms with E-state index in [2.05, 4.69) is 34.2 Å². The minimum absolute atomic E-state index is 0. The molecule has 0 bridgehead atoms. The summed E-state index contributed by atoms with van der Waals surface area (Å²) in [6, 6.07) is 0. The van der Waals surface area contributed by atoms with Gasteiger partial charge in [-0.05, 0) is 25.7 Å². The number of aliphatic imine (C=N–C) groups is 1. The molecule has 8 heteroatoms. The number of sulfonamides is 1. The fraction of sp³-hybridized carbons (Fsp3) is 0.929. The second-order valence-electron chi connectivity index (χ2n) is 5.47. The molecule has 0 saturated carbocycles. The van der Waals surface area contributed by atoms with Crippen LogP contribution in [0.4, 0.5) is 0 Å². The van der Waals surface area contributed by atoms with Crippen molar-refractivity contribution in [3.05, 3.63) is 0 Å². The summed E-state index contributed by atoms with van der Waals surface area (Å²) in [4.78, 5) is 4.14. The number of hydrogen-bond donors (Lipinski definition) is 3. The maximum atomic E-state index is 11.2. The molecule has 0 unspecified atom stereocenters. The number of guanidine groups is 1. The van der Waals surface area contributed by atoms with Crippen molar-refractivity contribution in [1.82, 2.24) is 15.4 Å². The smallest absolute Gasteiger partial charge is 0.211 e. The van der Waals surface area contributed by atoms with Crippen LogP contribution in [0.3, 0.4) is 0 Å². The van der Waals surface area contributed by atoms with E-state index in [4.69, 9.17) is 0 Å². The molecule has 0 radical (unpaired) electrons. The molecule has 0 aliphatic heterocycles. The van der Waals surface area contributed by atoms with Crippen LogP contribution in [0.15, 0.2) is 4.99 Å². The first-order valence-electron chi connectivity index (χ1n) is 7.83. The molecule has 0 spiro atoms. The third-order valence-electron chi connectivity index (χ3n) is 3.07. The molecule has 3 N–H and O–H groups in total. The molecule has 0 rings (SSSR count). The highest BCUT2D eigenvalue weighted by Gasteiger charge is 2.04. The summed E-state index contributed by atoms with van der Waals surface area (Å²) in [5.74, 6) is 1.66. The molecule has 0 aliphatic carbocycles. The predicted octanol–water partition coefficient (Wildman–Crippen LogP) is 1.93. The van der Waals surface area contributed by atoms with E-state index in [1.54, 1.807) is 14.0 Å². The van der Waals surface area contributed by atoms with Gasteiger partial charge >= 0.3 is 0 Å². The van der Waals surface area contributed by atoms with Crippen LogP contribution >= 0.6 is 24.0 Å². The molecule has 0 saturated heterocycles. The number of rotatable bonds is 11. The monoisotopic (exact) mass is 448 g/mol. The van der Waals surface area contributed by atoms with E-state index in [1.807, 2.05) is 0 Å². The fourth-order valence-electron chi connectivity index (χ4n) is 1.73. The van der Waals surface area contributed by atoms with Crippen LogP contribution < -0.4 is 15.4 Å². The van der Waals surface area contributed by atoms with E-state index >= 15 is 0 Å². The third kappa shape index (κ3) is 14.8. The third-order valence-corrected chi connectivity index (χ3v) is 4.48. The summed E-state index contributed by atoms with van der Waals surface area (Å²) in [6.45, 7) is 8.16. The Bertz CT molecular complexity index is 386. The predicted molar refractivity (Wildman–Crippen MR) is 106 cm³/mol.